The summed E-state index contributed by atoms with van der Waals surface area (Å²) >= 11 is 0. The van der Waals surface area contributed by atoms with Crippen LogP contribution in [0, 0.1) is 10.2 Å². The quantitative estimate of drug-likeness (QED) is 0.251. The molecule has 6 heteroatoms. The van der Waals surface area contributed by atoms with Crippen LogP contribution >= 0.6 is 0 Å². The van der Waals surface area contributed by atoms with Gasteiger partial charge in [0, 0.05) is 5.56 Å². The van der Waals surface area contributed by atoms with E-state index in [9.17, 15) is 0 Å². The minimum absolute atomic E-state index is 0.991. The molecule has 5 nitrogen and oxygen atoms in total. The molecule has 0 aliphatic heterocycles. The zero-order valence-electron chi connectivity index (χ0n) is 24.4. The molecule has 0 fully saturated rings. The lowest BCUT2D eigenvalue weighted by Crippen LogP contribution is -2.68. The highest BCUT2D eigenvalue weighted by molar-refractivity contribution is 5.88. The molecule has 0 saturated heterocycles. The third-order valence-electron chi connectivity index (χ3n) is 8.63. The summed E-state index contributed by atoms with van der Waals surface area (Å²) in [6, 6.07) is 46.1. The Morgan fingerprint density at radius 2 is 0.800 bits per heavy atom. The van der Waals surface area contributed by atoms with Gasteiger partial charge in [-0.1, -0.05) is 115 Å². The molecule has 0 radical (unpaired) electrons. The minimum atomic E-state index is -4.94. The molecule has 45 heavy (non-hydrogen) atoms. The largest absolute Gasteiger partial charge is 0.364 e. The number of halogens is 1. The third kappa shape index (κ3) is 6.05. The number of benzene rings is 5. The van der Waals surface area contributed by atoms with Crippen LogP contribution in [0.2, 0.25) is 0 Å². The van der Waals surface area contributed by atoms with E-state index >= 15 is 0 Å². The van der Waals surface area contributed by atoms with Gasteiger partial charge in [0.15, 0.2) is 0 Å². The smallest absolute Gasteiger partial charge is 0.222 e. The molecule has 0 atom stereocenters. The van der Waals surface area contributed by atoms with Gasteiger partial charge in [-0.3, -0.25) is 0 Å². The van der Waals surface area contributed by atoms with Crippen molar-refractivity contribution in [1.82, 2.24) is 0 Å². The van der Waals surface area contributed by atoms with Gasteiger partial charge in [0.05, 0.1) is 22.3 Å². The van der Waals surface area contributed by atoms with Gasteiger partial charge in [0.2, 0.25) is 0 Å². The van der Waals surface area contributed by atoms with E-state index in [0.29, 0.717) is 0 Å². The Morgan fingerprint density at radius 3 is 1.20 bits per heavy atom. The van der Waals surface area contributed by atoms with Gasteiger partial charge in [-0.25, -0.2) is 23.1 Å². The van der Waals surface area contributed by atoms with Gasteiger partial charge in [-0.15, -0.1) is 10.2 Å². The molecule has 0 unspecified atom stereocenters. The van der Waals surface area contributed by atoms with E-state index in [-0.39, 0.29) is 0 Å². The Bertz CT molecular complexity index is 1860. The molecule has 1 aromatic heterocycles. The first-order valence-corrected chi connectivity index (χ1v) is 16.1. The first kappa shape index (κ1) is 29.1. The van der Waals surface area contributed by atoms with Crippen molar-refractivity contribution in [2.75, 3.05) is 0 Å². The molecule has 6 aromatic rings. The van der Waals surface area contributed by atoms with E-state index in [1.807, 2.05) is 0 Å². The van der Waals surface area contributed by atoms with Gasteiger partial charge >= 0.3 is 11.5 Å². The van der Waals surface area contributed by atoms with Gasteiger partial charge in [0.25, 0.3) is 0 Å². The topological polar surface area (TPSA) is 104 Å². The molecular weight excluding hydrogens is 584 g/mol. The number of hydrogen-bond donors (Lipinski definition) is 0. The zero-order chi connectivity index (χ0) is 31.0. The molecule has 1 heterocycles. The highest BCUT2D eigenvalue weighted by Gasteiger charge is 2.38. The molecule has 2 aliphatic rings. The van der Waals surface area contributed by atoms with E-state index in [1.165, 1.54) is 66.8 Å². The average molecular weight is 613 g/mol. The van der Waals surface area contributed by atoms with E-state index < -0.39 is 10.2 Å². The zero-order valence-corrected chi connectivity index (χ0v) is 25.1. The molecule has 0 saturated carbocycles. The number of hydrogen-bond acceptors (Lipinski definition) is 4. The number of aryl methyl sites for hydroxylation is 2. The summed E-state index contributed by atoms with van der Waals surface area (Å²) in [7, 11) is -4.94. The van der Waals surface area contributed by atoms with Gasteiger partial charge in [-0.05, 0) is 76.8 Å². The number of rotatable bonds is 3. The molecule has 222 valence electrons. The lowest BCUT2D eigenvalue weighted by atomic mass is 9.79. The molecule has 0 amide bonds. The fourth-order valence-electron chi connectivity index (χ4n) is 6.65. The first-order valence-electron chi connectivity index (χ1n) is 14.9. The fourth-order valence-corrected chi connectivity index (χ4v) is 6.65. The maximum atomic E-state index is 8.49. The maximum Gasteiger partial charge on any atom is 0.364 e. The molecule has 5 aromatic carbocycles. The molecule has 0 bridgehead atoms. The monoisotopic (exact) mass is 612 g/mol. The van der Waals surface area contributed by atoms with E-state index in [4.69, 9.17) is 23.1 Å². The van der Waals surface area contributed by atoms with E-state index in [0.717, 1.165) is 37.2 Å². The molecule has 0 N–H and O–H groups in total. The summed E-state index contributed by atoms with van der Waals surface area (Å²) in [6.45, 7) is 0. The van der Waals surface area contributed by atoms with Crippen molar-refractivity contribution in [2.24, 2.45) is 0 Å². The summed E-state index contributed by atoms with van der Waals surface area (Å²) in [5.74, 6) is 2.07. The van der Waals surface area contributed by atoms with Crippen molar-refractivity contribution in [3.8, 4) is 56.0 Å². The maximum absolute atomic E-state index is 8.49. The van der Waals surface area contributed by atoms with Crippen LogP contribution in [-0.2, 0) is 25.7 Å². The van der Waals surface area contributed by atoms with Crippen molar-refractivity contribution in [2.45, 2.75) is 25.7 Å². The first-order chi connectivity index (χ1) is 21.8. The van der Waals surface area contributed by atoms with Crippen molar-refractivity contribution < 1.29 is 33.3 Å². The second-order valence-corrected chi connectivity index (χ2v) is 12.1. The van der Waals surface area contributed by atoms with Crippen LogP contribution < -0.4 is 18.6 Å². The molecule has 8 rings (SSSR count). The lowest BCUT2D eigenvalue weighted by Gasteiger charge is -2.23. The Kier molecular flexibility index (Phi) is 7.80. The van der Waals surface area contributed by atoms with Gasteiger partial charge < -0.3 is 0 Å². The SMILES string of the molecule is [O-][Cl+3]([O-])([O-])[O-].c1ccc(-c2ccc3c(c2)-c2[o+]c4c(c(-c5ccccc5)c2CC3)CCc2ccc(-c3ccccc3)cc2-4)cc1. The minimum Gasteiger partial charge on any atom is -0.222 e. The van der Waals surface area contributed by atoms with Gasteiger partial charge in [-0.2, -0.15) is 0 Å². The van der Waals surface area contributed by atoms with Gasteiger partial charge in [0.1, 0.15) is 0 Å². The fraction of sp³-hybridized carbons (Fsp3) is 0.103. The highest BCUT2D eigenvalue weighted by atomic mass is 35.7. The van der Waals surface area contributed by atoms with Crippen LogP contribution in [0.4, 0.5) is 0 Å². The van der Waals surface area contributed by atoms with Crippen LogP contribution in [0.5, 0.6) is 0 Å². The molecule has 2 aliphatic carbocycles. The van der Waals surface area contributed by atoms with E-state index in [2.05, 4.69) is 127 Å². The Hall–Kier alpha value is -4.62. The summed E-state index contributed by atoms with van der Waals surface area (Å²) in [4.78, 5) is 0. The van der Waals surface area contributed by atoms with Crippen molar-refractivity contribution in [3.63, 3.8) is 0 Å². The van der Waals surface area contributed by atoms with Crippen LogP contribution in [0.25, 0.3) is 56.0 Å². The normalized spacial score (nSPS) is 13.0. The lowest BCUT2D eigenvalue weighted by molar-refractivity contribution is -2.00. The van der Waals surface area contributed by atoms with Crippen molar-refractivity contribution in [3.05, 3.63) is 150 Å². The Morgan fingerprint density at radius 1 is 0.422 bits per heavy atom. The van der Waals surface area contributed by atoms with E-state index in [1.54, 1.807) is 0 Å². The third-order valence-corrected chi connectivity index (χ3v) is 8.63. The highest BCUT2D eigenvalue weighted by Crippen LogP contribution is 2.48. The summed E-state index contributed by atoms with van der Waals surface area (Å²) < 4.78 is 41.1. The summed E-state index contributed by atoms with van der Waals surface area (Å²) in [6.07, 6.45) is 4.04. The van der Waals surface area contributed by atoms with Crippen molar-refractivity contribution in [1.29, 1.82) is 0 Å². The van der Waals surface area contributed by atoms with Crippen molar-refractivity contribution >= 4 is 0 Å². The molecule has 0 spiro atoms. The molecular formula is C39H29ClO5. The number of fused-ring (bicyclic) bond motifs is 6. The van der Waals surface area contributed by atoms with Crippen LogP contribution in [0.1, 0.15) is 22.3 Å². The van der Waals surface area contributed by atoms with Crippen LogP contribution in [0.15, 0.2) is 132 Å². The second-order valence-electron chi connectivity index (χ2n) is 11.3. The standard InChI is InChI=1S/C39H29O.ClHO4/c1-4-10-26(11-5-1)31-18-16-28-20-22-33-37(30-14-8-3-9-15-30)34-23-21-29-17-19-32(27-12-6-2-7-13-27)25-36(29)39(34)40-38(33)35(28)24-31;2-1(3,4)5/h1-19,24-25H,20-23H2;(H,2,3,4,5)/q+1;/p-1. The average Bonchev–Trinajstić information content (AvgIpc) is 3.07. The second kappa shape index (κ2) is 12.1. The Labute approximate surface area is 264 Å². The van der Waals surface area contributed by atoms with Crippen LogP contribution in [0.3, 0.4) is 0 Å². The summed E-state index contributed by atoms with van der Waals surface area (Å²) in [5.41, 5.74) is 15.5. The van der Waals surface area contributed by atoms with Crippen LogP contribution in [-0.4, -0.2) is 0 Å². The predicted octanol–water partition coefficient (Wildman–Crippen LogP) is 5.34. The predicted molar refractivity (Wildman–Crippen MR) is 165 cm³/mol. The summed E-state index contributed by atoms with van der Waals surface area (Å²) in [5, 5.41) is 0. The Balaban J connectivity index is 0.000000606.